The van der Waals surface area contributed by atoms with Gasteiger partial charge in [-0.25, -0.2) is 4.98 Å². The molecule has 5 heteroatoms. The largest absolute Gasteiger partial charge is 0.349 e. The number of carbonyl (C=O) groups excluding carboxylic acids is 1. The van der Waals surface area contributed by atoms with Crippen LogP contribution in [0.4, 0.5) is 0 Å². The first kappa shape index (κ1) is 14.0. The molecule has 1 aromatic heterocycles. The summed E-state index contributed by atoms with van der Waals surface area (Å²) in [4.78, 5) is 16.7. The molecule has 0 radical (unpaired) electrons. The lowest BCUT2D eigenvalue weighted by atomic mass is 9.85. The van der Waals surface area contributed by atoms with Crippen LogP contribution in [0.1, 0.15) is 49.7 Å². The number of nitrogens with one attached hydrogen (secondary N) is 2. The Balaban J connectivity index is 1.49. The fourth-order valence-electron chi connectivity index (χ4n) is 3.41. The first-order valence-electron chi connectivity index (χ1n) is 7.73. The predicted molar refractivity (Wildman–Crippen MR) is 80.6 cm³/mol. The van der Waals surface area contributed by atoms with E-state index in [1.165, 1.54) is 25.7 Å². The van der Waals surface area contributed by atoms with Crippen molar-refractivity contribution in [2.24, 2.45) is 5.92 Å². The SMILES string of the molecule is CCc1nc(CNC(=O)C2CC3CCCCC3N2)cs1. The molecule has 0 bridgehead atoms. The normalized spacial score (nSPS) is 29.1. The van der Waals surface area contributed by atoms with Gasteiger partial charge in [0.05, 0.1) is 23.3 Å². The van der Waals surface area contributed by atoms with E-state index in [9.17, 15) is 4.79 Å². The molecule has 4 nitrogen and oxygen atoms in total. The topological polar surface area (TPSA) is 54.0 Å². The second kappa shape index (κ2) is 6.22. The van der Waals surface area contributed by atoms with Crippen LogP contribution in [0.15, 0.2) is 5.38 Å². The molecule has 3 rings (SSSR count). The third kappa shape index (κ3) is 3.04. The highest BCUT2D eigenvalue weighted by Gasteiger charge is 2.37. The molecule has 3 atom stereocenters. The Bertz CT molecular complexity index is 459. The van der Waals surface area contributed by atoms with Crippen LogP contribution in [0.3, 0.4) is 0 Å². The lowest BCUT2D eigenvalue weighted by Gasteiger charge is -2.24. The molecule has 3 unspecified atom stereocenters. The average molecular weight is 293 g/mol. The number of aryl methyl sites for hydroxylation is 1. The molecule has 1 amide bonds. The Kier molecular flexibility index (Phi) is 4.36. The third-order valence-corrected chi connectivity index (χ3v) is 5.57. The summed E-state index contributed by atoms with van der Waals surface area (Å²) in [6, 6.07) is 0.581. The molecule has 110 valence electrons. The number of aromatic nitrogens is 1. The van der Waals surface area contributed by atoms with E-state index in [0.717, 1.165) is 23.5 Å². The van der Waals surface area contributed by atoms with Crippen molar-refractivity contribution in [3.8, 4) is 0 Å². The highest BCUT2D eigenvalue weighted by Crippen LogP contribution is 2.33. The van der Waals surface area contributed by atoms with Crippen molar-refractivity contribution in [2.45, 2.75) is 64.1 Å². The summed E-state index contributed by atoms with van der Waals surface area (Å²) in [5.74, 6) is 0.857. The third-order valence-electron chi connectivity index (χ3n) is 4.52. The maximum atomic E-state index is 12.2. The summed E-state index contributed by atoms with van der Waals surface area (Å²) in [7, 11) is 0. The van der Waals surface area contributed by atoms with Crippen molar-refractivity contribution in [1.82, 2.24) is 15.6 Å². The van der Waals surface area contributed by atoms with E-state index in [4.69, 9.17) is 0 Å². The van der Waals surface area contributed by atoms with Crippen molar-refractivity contribution in [3.05, 3.63) is 16.1 Å². The Labute approximate surface area is 124 Å². The molecular formula is C15H23N3OS. The van der Waals surface area contributed by atoms with Crippen LogP contribution in [-0.4, -0.2) is 23.0 Å². The van der Waals surface area contributed by atoms with Crippen molar-refractivity contribution >= 4 is 17.2 Å². The summed E-state index contributed by atoms with van der Waals surface area (Å²) >= 11 is 1.67. The molecular weight excluding hydrogens is 270 g/mol. The molecule has 2 aliphatic rings. The monoisotopic (exact) mass is 293 g/mol. The number of nitrogens with zero attached hydrogens (tertiary/aromatic N) is 1. The lowest BCUT2D eigenvalue weighted by Crippen LogP contribution is -2.42. The Morgan fingerprint density at radius 1 is 1.50 bits per heavy atom. The van der Waals surface area contributed by atoms with E-state index in [1.807, 2.05) is 5.38 Å². The summed E-state index contributed by atoms with van der Waals surface area (Å²) in [6.07, 6.45) is 7.13. The summed E-state index contributed by atoms with van der Waals surface area (Å²) in [6.45, 7) is 2.66. The average Bonchev–Trinajstić information content (AvgIpc) is 3.10. The minimum absolute atomic E-state index is 0.00683. The van der Waals surface area contributed by atoms with E-state index >= 15 is 0 Å². The van der Waals surface area contributed by atoms with Gasteiger partial charge in [0.15, 0.2) is 0 Å². The molecule has 1 aromatic rings. The lowest BCUT2D eigenvalue weighted by molar-refractivity contribution is -0.123. The van der Waals surface area contributed by atoms with Gasteiger partial charge in [0.25, 0.3) is 0 Å². The highest BCUT2D eigenvalue weighted by atomic mass is 32.1. The van der Waals surface area contributed by atoms with Crippen molar-refractivity contribution in [3.63, 3.8) is 0 Å². The first-order chi connectivity index (χ1) is 9.76. The smallest absolute Gasteiger partial charge is 0.237 e. The van der Waals surface area contributed by atoms with E-state index in [-0.39, 0.29) is 11.9 Å². The van der Waals surface area contributed by atoms with Gasteiger partial charge in [-0.3, -0.25) is 4.79 Å². The number of thiazole rings is 1. The number of hydrogen-bond acceptors (Lipinski definition) is 4. The molecule has 1 saturated carbocycles. The maximum Gasteiger partial charge on any atom is 0.237 e. The van der Waals surface area contributed by atoms with E-state index in [0.29, 0.717) is 18.5 Å². The number of hydrogen-bond donors (Lipinski definition) is 2. The second-order valence-electron chi connectivity index (χ2n) is 5.91. The van der Waals surface area contributed by atoms with Crippen molar-refractivity contribution in [1.29, 1.82) is 0 Å². The molecule has 2 fully saturated rings. The van der Waals surface area contributed by atoms with Crippen LogP contribution in [0, 0.1) is 5.92 Å². The number of rotatable bonds is 4. The van der Waals surface area contributed by atoms with Gasteiger partial charge in [-0.15, -0.1) is 11.3 Å². The quantitative estimate of drug-likeness (QED) is 0.895. The number of amides is 1. The van der Waals surface area contributed by atoms with Crippen LogP contribution in [0.25, 0.3) is 0 Å². The number of carbonyl (C=O) groups is 1. The van der Waals surface area contributed by atoms with Crippen LogP contribution < -0.4 is 10.6 Å². The summed E-state index contributed by atoms with van der Waals surface area (Å²) < 4.78 is 0. The van der Waals surface area contributed by atoms with Gasteiger partial charge in [0.1, 0.15) is 0 Å². The molecule has 2 N–H and O–H groups in total. The van der Waals surface area contributed by atoms with Gasteiger partial charge in [-0.1, -0.05) is 19.8 Å². The Hall–Kier alpha value is -0.940. The van der Waals surface area contributed by atoms with Gasteiger partial charge in [0.2, 0.25) is 5.91 Å². The zero-order chi connectivity index (χ0) is 13.9. The fourth-order valence-corrected chi connectivity index (χ4v) is 4.16. The van der Waals surface area contributed by atoms with Crippen LogP contribution >= 0.6 is 11.3 Å². The molecule has 0 spiro atoms. The maximum absolute atomic E-state index is 12.2. The zero-order valence-corrected chi connectivity index (χ0v) is 12.8. The van der Waals surface area contributed by atoms with Crippen LogP contribution in [0.2, 0.25) is 0 Å². The molecule has 1 saturated heterocycles. The first-order valence-corrected chi connectivity index (χ1v) is 8.61. The Morgan fingerprint density at radius 3 is 3.10 bits per heavy atom. The highest BCUT2D eigenvalue weighted by molar-refractivity contribution is 7.09. The van der Waals surface area contributed by atoms with Gasteiger partial charge >= 0.3 is 0 Å². The van der Waals surface area contributed by atoms with Gasteiger partial charge in [-0.05, 0) is 31.6 Å². The molecule has 1 aliphatic carbocycles. The standard InChI is InChI=1S/C15H23N3OS/c1-2-14-17-11(9-20-14)8-16-15(19)13-7-10-5-3-4-6-12(10)18-13/h9-10,12-13,18H,2-8H2,1H3,(H,16,19). The van der Waals surface area contributed by atoms with Crippen LogP contribution in [-0.2, 0) is 17.8 Å². The van der Waals surface area contributed by atoms with Crippen molar-refractivity contribution in [2.75, 3.05) is 0 Å². The van der Waals surface area contributed by atoms with Gasteiger partial charge in [-0.2, -0.15) is 0 Å². The molecule has 20 heavy (non-hydrogen) atoms. The van der Waals surface area contributed by atoms with E-state index in [1.54, 1.807) is 11.3 Å². The van der Waals surface area contributed by atoms with Crippen LogP contribution in [0.5, 0.6) is 0 Å². The molecule has 0 aromatic carbocycles. The molecule has 1 aliphatic heterocycles. The van der Waals surface area contributed by atoms with Gasteiger partial charge < -0.3 is 10.6 Å². The summed E-state index contributed by atoms with van der Waals surface area (Å²) in [5, 5.41) is 9.73. The second-order valence-corrected chi connectivity index (χ2v) is 6.85. The summed E-state index contributed by atoms with van der Waals surface area (Å²) in [5.41, 5.74) is 0.982. The molecule has 2 heterocycles. The van der Waals surface area contributed by atoms with E-state index < -0.39 is 0 Å². The van der Waals surface area contributed by atoms with Crippen molar-refractivity contribution < 1.29 is 4.79 Å². The van der Waals surface area contributed by atoms with E-state index in [2.05, 4.69) is 22.5 Å². The van der Waals surface area contributed by atoms with Gasteiger partial charge in [0, 0.05) is 11.4 Å². The number of fused-ring (bicyclic) bond motifs is 1. The zero-order valence-electron chi connectivity index (χ0n) is 12.0. The predicted octanol–water partition coefficient (Wildman–Crippen LogP) is 2.24. The minimum atomic E-state index is 0.00683. The minimum Gasteiger partial charge on any atom is -0.349 e. The Morgan fingerprint density at radius 2 is 2.35 bits per heavy atom. The fraction of sp³-hybridized carbons (Fsp3) is 0.733.